The van der Waals surface area contributed by atoms with Crippen molar-refractivity contribution in [3.05, 3.63) is 34.4 Å². The first kappa shape index (κ1) is 11.3. The number of rotatable bonds is 1. The molecule has 0 radical (unpaired) electrons. The molecule has 0 heteroatoms. The molecule has 0 aliphatic heterocycles. The van der Waals surface area contributed by atoms with Crippen molar-refractivity contribution in [1.29, 1.82) is 0 Å². The van der Waals surface area contributed by atoms with E-state index >= 15 is 0 Å². The van der Waals surface area contributed by atoms with Gasteiger partial charge in [-0.05, 0) is 67.6 Å². The molecule has 0 amide bonds. The van der Waals surface area contributed by atoms with Gasteiger partial charge < -0.3 is 0 Å². The fourth-order valence-electron chi connectivity index (χ4n) is 3.88. The molecule has 1 unspecified atom stereocenters. The first-order chi connectivity index (χ1) is 8.40. The van der Waals surface area contributed by atoms with Gasteiger partial charge in [0, 0.05) is 0 Å². The molecule has 1 atom stereocenters. The van der Waals surface area contributed by atoms with E-state index in [4.69, 9.17) is 0 Å². The molecule has 0 N–H and O–H groups in total. The lowest BCUT2D eigenvalue weighted by atomic mass is 9.81. The smallest absolute Gasteiger partial charge is 0.00583 e. The van der Waals surface area contributed by atoms with Gasteiger partial charge in [-0.1, -0.05) is 37.5 Å². The van der Waals surface area contributed by atoms with Crippen LogP contribution in [-0.4, -0.2) is 0 Å². The molecular weight excluding hydrogens is 204 g/mol. The van der Waals surface area contributed by atoms with Crippen LogP contribution in [0.1, 0.15) is 64.7 Å². The van der Waals surface area contributed by atoms with Gasteiger partial charge in [0.15, 0.2) is 0 Å². The minimum atomic E-state index is 0.835. The first-order valence-corrected chi connectivity index (χ1v) is 7.51. The number of hydrogen-bond donors (Lipinski definition) is 0. The first-order valence-electron chi connectivity index (χ1n) is 7.51. The van der Waals surface area contributed by atoms with Crippen LogP contribution in [0.15, 0.2) is 34.4 Å². The summed E-state index contributed by atoms with van der Waals surface area (Å²) in [6.07, 6.45) is 17.2. The highest BCUT2D eigenvalue weighted by Crippen LogP contribution is 2.46. The van der Waals surface area contributed by atoms with Crippen molar-refractivity contribution < 1.29 is 0 Å². The molecule has 0 heterocycles. The molecule has 0 aromatic heterocycles. The zero-order chi connectivity index (χ0) is 11.7. The van der Waals surface area contributed by atoms with Crippen LogP contribution in [0.4, 0.5) is 0 Å². The van der Waals surface area contributed by atoms with E-state index in [2.05, 4.69) is 19.1 Å². The van der Waals surface area contributed by atoms with Crippen molar-refractivity contribution in [2.45, 2.75) is 64.7 Å². The van der Waals surface area contributed by atoms with E-state index in [1.165, 1.54) is 57.8 Å². The standard InChI is InChI=1S/C17H24/c1-2-13-9-7-10-15-12-14-8-5-3-4-6-11-16(14)17(13)15/h7,10,13H,2-6,8-9,11-12H2,1H3. The Morgan fingerprint density at radius 3 is 2.76 bits per heavy atom. The van der Waals surface area contributed by atoms with Gasteiger partial charge in [0.1, 0.15) is 0 Å². The van der Waals surface area contributed by atoms with Gasteiger partial charge in [0.05, 0.1) is 0 Å². The van der Waals surface area contributed by atoms with Crippen molar-refractivity contribution in [1.82, 2.24) is 0 Å². The second-order valence-electron chi connectivity index (χ2n) is 5.86. The summed E-state index contributed by atoms with van der Waals surface area (Å²) >= 11 is 0. The molecule has 3 aliphatic rings. The lowest BCUT2D eigenvalue weighted by Crippen LogP contribution is -2.08. The highest BCUT2D eigenvalue weighted by atomic mass is 14.3. The highest BCUT2D eigenvalue weighted by molar-refractivity contribution is 5.54. The minimum Gasteiger partial charge on any atom is -0.0836 e. The fourth-order valence-corrected chi connectivity index (χ4v) is 3.88. The second-order valence-corrected chi connectivity index (χ2v) is 5.86. The van der Waals surface area contributed by atoms with E-state index < -0.39 is 0 Å². The van der Waals surface area contributed by atoms with E-state index in [0.29, 0.717) is 0 Å². The summed E-state index contributed by atoms with van der Waals surface area (Å²) in [6, 6.07) is 0. The Kier molecular flexibility index (Phi) is 3.22. The van der Waals surface area contributed by atoms with E-state index in [1.54, 1.807) is 22.3 Å². The average molecular weight is 228 g/mol. The molecular formula is C17H24. The van der Waals surface area contributed by atoms with Gasteiger partial charge in [-0.3, -0.25) is 0 Å². The molecule has 0 aromatic rings. The molecule has 3 aliphatic carbocycles. The Morgan fingerprint density at radius 1 is 1.12 bits per heavy atom. The number of hydrogen-bond acceptors (Lipinski definition) is 0. The van der Waals surface area contributed by atoms with Gasteiger partial charge in [-0.15, -0.1) is 0 Å². The van der Waals surface area contributed by atoms with E-state index in [1.807, 2.05) is 0 Å². The van der Waals surface area contributed by atoms with Gasteiger partial charge in [-0.2, -0.15) is 0 Å². The summed E-state index contributed by atoms with van der Waals surface area (Å²) in [5, 5.41) is 0. The van der Waals surface area contributed by atoms with E-state index in [9.17, 15) is 0 Å². The Balaban J connectivity index is 1.93. The van der Waals surface area contributed by atoms with Crippen molar-refractivity contribution >= 4 is 0 Å². The maximum atomic E-state index is 2.42. The predicted molar refractivity (Wildman–Crippen MR) is 73.9 cm³/mol. The van der Waals surface area contributed by atoms with Crippen LogP contribution in [-0.2, 0) is 0 Å². The van der Waals surface area contributed by atoms with Gasteiger partial charge in [0.25, 0.3) is 0 Å². The molecule has 0 bridgehead atoms. The van der Waals surface area contributed by atoms with Gasteiger partial charge in [0.2, 0.25) is 0 Å². The van der Waals surface area contributed by atoms with Crippen molar-refractivity contribution in [2.75, 3.05) is 0 Å². The maximum Gasteiger partial charge on any atom is -0.00583 e. The highest BCUT2D eigenvalue weighted by Gasteiger charge is 2.29. The quantitative estimate of drug-likeness (QED) is 0.569. The molecule has 0 aromatic carbocycles. The largest absolute Gasteiger partial charge is 0.0836 e. The summed E-state index contributed by atoms with van der Waals surface area (Å²) in [5.74, 6) is 0.835. The summed E-state index contributed by atoms with van der Waals surface area (Å²) in [5.41, 5.74) is 7.07. The van der Waals surface area contributed by atoms with Crippen LogP contribution in [0.3, 0.4) is 0 Å². The van der Waals surface area contributed by atoms with Crippen LogP contribution in [0, 0.1) is 5.92 Å². The normalized spacial score (nSPS) is 28.9. The third-order valence-corrected chi connectivity index (χ3v) is 4.80. The Hall–Kier alpha value is -0.780. The molecule has 0 nitrogen and oxygen atoms in total. The third-order valence-electron chi connectivity index (χ3n) is 4.80. The molecule has 3 rings (SSSR count). The Labute approximate surface area is 105 Å². The molecule has 0 fully saturated rings. The molecule has 0 spiro atoms. The minimum absolute atomic E-state index is 0.835. The lowest BCUT2D eigenvalue weighted by Gasteiger charge is -2.23. The Morgan fingerprint density at radius 2 is 1.94 bits per heavy atom. The zero-order valence-electron chi connectivity index (χ0n) is 11.1. The predicted octanol–water partition coefficient (Wildman–Crippen LogP) is 5.32. The van der Waals surface area contributed by atoms with Crippen LogP contribution < -0.4 is 0 Å². The summed E-state index contributed by atoms with van der Waals surface area (Å²) < 4.78 is 0. The van der Waals surface area contributed by atoms with Crippen molar-refractivity contribution in [3.8, 4) is 0 Å². The van der Waals surface area contributed by atoms with Crippen LogP contribution in [0.25, 0.3) is 0 Å². The van der Waals surface area contributed by atoms with Crippen molar-refractivity contribution in [3.63, 3.8) is 0 Å². The lowest BCUT2D eigenvalue weighted by molar-refractivity contribution is 0.575. The van der Waals surface area contributed by atoms with Crippen LogP contribution >= 0.6 is 0 Å². The van der Waals surface area contributed by atoms with Gasteiger partial charge in [-0.25, -0.2) is 0 Å². The topological polar surface area (TPSA) is 0 Å². The van der Waals surface area contributed by atoms with Crippen molar-refractivity contribution in [2.24, 2.45) is 5.92 Å². The number of fused-ring (bicyclic) bond motifs is 1. The second kappa shape index (κ2) is 4.84. The molecule has 92 valence electrons. The average Bonchev–Trinajstić information content (AvgIpc) is 2.66. The SMILES string of the molecule is CCC1CC=CC2=C1C1=C(CCCCCC1)C2. The monoisotopic (exact) mass is 228 g/mol. The fraction of sp³-hybridized carbons (Fsp3) is 0.647. The zero-order valence-corrected chi connectivity index (χ0v) is 11.1. The Bertz CT molecular complexity index is 392. The molecule has 0 saturated heterocycles. The molecule has 0 saturated carbocycles. The third kappa shape index (κ3) is 2.03. The van der Waals surface area contributed by atoms with Crippen LogP contribution in [0.5, 0.6) is 0 Å². The van der Waals surface area contributed by atoms with E-state index in [0.717, 1.165) is 5.92 Å². The summed E-state index contributed by atoms with van der Waals surface area (Å²) in [6.45, 7) is 2.36. The van der Waals surface area contributed by atoms with E-state index in [-0.39, 0.29) is 0 Å². The summed E-state index contributed by atoms with van der Waals surface area (Å²) in [7, 11) is 0. The maximum absolute atomic E-state index is 2.42. The molecule has 17 heavy (non-hydrogen) atoms. The van der Waals surface area contributed by atoms with Crippen LogP contribution in [0.2, 0.25) is 0 Å². The number of allylic oxidation sites excluding steroid dienone is 6. The summed E-state index contributed by atoms with van der Waals surface area (Å²) in [4.78, 5) is 0. The van der Waals surface area contributed by atoms with Gasteiger partial charge >= 0.3 is 0 Å².